The van der Waals surface area contributed by atoms with Crippen LogP contribution in [0.1, 0.15) is 29.6 Å². The van der Waals surface area contributed by atoms with Crippen molar-refractivity contribution in [3.05, 3.63) is 60.2 Å². The number of carboxylic acid groups (broad SMARTS) is 1. The van der Waals surface area contributed by atoms with Crippen molar-refractivity contribution in [3.63, 3.8) is 0 Å². The molecule has 1 heterocycles. The van der Waals surface area contributed by atoms with Crippen molar-refractivity contribution in [1.82, 2.24) is 4.90 Å². The average Bonchev–Trinajstić information content (AvgIpc) is 2.63. The molecule has 25 heavy (non-hydrogen) atoms. The molecule has 2 aromatic rings. The van der Waals surface area contributed by atoms with E-state index in [-0.39, 0.29) is 18.2 Å². The number of aliphatic carboxylic acids is 1. The molecular weight excluding hydrogens is 316 g/mol. The Hall–Kier alpha value is -2.82. The second kappa shape index (κ2) is 7.83. The second-order valence-electron chi connectivity index (χ2n) is 6.37. The fraction of sp³-hybridized carbons (Fsp3) is 0.300. The molecule has 2 aromatic carbocycles. The molecule has 1 fully saturated rings. The fourth-order valence-electron chi connectivity index (χ4n) is 3.21. The minimum Gasteiger partial charge on any atom is -0.481 e. The van der Waals surface area contributed by atoms with Crippen molar-refractivity contribution in [1.29, 1.82) is 0 Å². The number of likely N-dealkylation sites (tertiary alicyclic amines) is 1. The smallest absolute Gasteiger partial charge is 0.303 e. The van der Waals surface area contributed by atoms with Crippen LogP contribution >= 0.6 is 0 Å². The molecule has 0 radical (unpaired) electrons. The van der Waals surface area contributed by atoms with Crippen molar-refractivity contribution < 1.29 is 14.7 Å². The highest BCUT2D eigenvalue weighted by atomic mass is 16.4. The lowest BCUT2D eigenvalue weighted by Crippen LogP contribution is -2.39. The van der Waals surface area contributed by atoms with Gasteiger partial charge in [0, 0.05) is 25.2 Å². The summed E-state index contributed by atoms with van der Waals surface area (Å²) in [5.41, 5.74) is 2.36. The summed E-state index contributed by atoms with van der Waals surface area (Å²) in [5.74, 6) is -0.603. The van der Waals surface area contributed by atoms with Gasteiger partial charge in [0.05, 0.1) is 11.3 Å². The SMILES string of the molecule is O=C(O)CC1CCN(C(=O)c2ccccc2Nc2ccccc2)CC1. The number of carbonyl (C=O) groups excluding carboxylic acids is 1. The van der Waals surface area contributed by atoms with E-state index in [0.717, 1.165) is 24.2 Å². The van der Waals surface area contributed by atoms with Gasteiger partial charge in [0.15, 0.2) is 0 Å². The van der Waals surface area contributed by atoms with Crippen LogP contribution in [0.2, 0.25) is 0 Å². The van der Waals surface area contributed by atoms with E-state index in [1.807, 2.05) is 59.5 Å². The predicted octanol–water partition coefficient (Wildman–Crippen LogP) is 3.76. The highest BCUT2D eigenvalue weighted by molar-refractivity contribution is 6.00. The number of anilines is 2. The minimum absolute atomic E-state index is 0.00666. The zero-order valence-electron chi connectivity index (χ0n) is 14.0. The summed E-state index contributed by atoms with van der Waals surface area (Å²) in [7, 11) is 0. The normalized spacial score (nSPS) is 15.0. The van der Waals surface area contributed by atoms with Gasteiger partial charge in [-0.3, -0.25) is 9.59 Å². The Labute approximate surface area is 147 Å². The summed E-state index contributed by atoms with van der Waals surface area (Å²) in [4.78, 5) is 25.6. The lowest BCUT2D eigenvalue weighted by molar-refractivity contribution is -0.138. The molecule has 5 heteroatoms. The van der Waals surface area contributed by atoms with Gasteiger partial charge in [0.2, 0.25) is 0 Å². The first-order valence-corrected chi connectivity index (χ1v) is 8.55. The largest absolute Gasteiger partial charge is 0.481 e. The first-order chi connectivity index (χ1) is 12.1. The molecule has 0 aromatic heterocycles. The number of nitrogens with zero attached hydrogens (tertiary/aromatic N) is 1. The maximum absolute atomic E-state index is 12.9. The van der Waals surface area contributed by atoms with Crippen LogP contribution in [0.5, 0.6) is 0 Å². The monoisotopic (exact) mass is 338 g/mol. The number of para-hydroxylation sites is 2. The molecule has 5 nitrogen and oxygen atoms in total. The Morgan fingerprint density at radius 1 is 1.00 bits per heavy atom. The van der Waals surface area contributed by atoms with E-state index in [1.54, 1.807) is 0 Å². The molecule has 1 saturated heterocycles. The minimum atomic E-state index is -0.762. The third kappa shape index (κ3) is 4.38. The van der Waals surface area contributed by atoms with E-state index >= 15 is 0 Å². The fourth-order valence-corrected chi connectivity index (χ4v) is 3.21. The molecule has 0 spiro atoms. The summed E-state index contributed by atoms with van der Waals surface area (Å²) in [5, 5.41) is 12.2. The van der Waals surface area contributed by atoms with Gasteiger partial charge in [-0.25, -0.2) is 0 Å². The Balaban J connectivity index is 1.70. The number of amides is 1. The molecule has 1 aliphatic heterocycles. The van der Waals surface area contributed by atoms with Crippen LogP contribution in [0.3, 0.4) is 0 Å². The molecule has 0 atom stereocenters. The molecule has 1 aliphatic rings. The summed E-state index contributed by atoms with van der Waals surface area (Å²) < 4.78 is 0. The van der Waals surface area contributed by atoms with Crippen molar-refractivity contribution in [3.8, 4) is 0 Å². The third-order valence-electron chi connectivity index (χ3n) is 4.58. The van der Waals surface area contributed by atoms with E-state index in [0.29, 0.717) is 18.7 Å². The molecule has 0 saturated carbocycles. The van der Waals surface area contributed by atoms with Gasteiger partial charge in [0.25, 0.3) is 5.91 Å². The quantitative estimate of drug-likeness (QED) is 0.871. The zero-order valence-corrected chi connectivity index (χ0v) is 14.0. The summed E-state index contributed by atoms with van der Waals surface area (Å²) in [6.45, 7) is 1.22. The molecule has 1 amide bonds. The lowest BCUT2D eigenvalue weighted by atomic mass is 9.93. The van der Waals surface area contributed by atoms with Gasteiger partial charge < -0.3 is 15.3 Å². The number of carbonyl (C=O) groups is 2. The molecule has 0 unspecified atom stereocenters. The average molecular weight is 338 g/mol. The van der Waals surface area contributed by atoms with Crippen LogP contribution in [-0.4, -0.2) is 35.0 Å². The van der Waals surface area contributed by atoms with Crippen molar-refractivity contribution in [2.75, 3.05) is 18.4 Å². The van der Waals surface area contributed by atoms with Crippen LogP contribution in [0.25, 0.3) is 0 Å². The Morgan fingerprint density at radius 3 is 2.32 bits per heavy atom. The predicted molar refractivity (Wildman–Crippen MR) is 97.0 cm³/mol. The molecular formula is C20H22N2O3. The number of rotatable bonds is 5. The molecule has 0 aliphatic carbocycles. The Kier molecular flexibility index (Phi) is 5.33. The van der Waals surface area contributed by atoms with Gasteiger partial charge >= 0.3 is 5.97 Å². The van der Waals surface area contributed by atoms with E-state index < -0.39 is 5.97 Å². The molecule has 130 valence electrons. The Morgan fingerprint density at radius 2 is 1.64 bits per heavy atom. The summed E-state index contributed by atoms with van der Waals surface area (Å²) in [6.07, 6.45) is 1.67. The van der Waals surface area contributed by atoms with E-state index in [9.17, 15) is 9.59 Å². The van der Waals surface area contributed by atoms with Gasteiger partial charge in [-0.15, -0.1) is 0 Å². The van der Waals surface area contributed by atoms with Crippen LogP contribution in [0.15, 0.2) is 54.6 Å². The third-order valence-corrected chi connectivity index (χ3v) is 4.58. The standard InChI is InChI=1S/C20H22N2O3/c23-19(24)14-15-10-12-22(13-11-15)20(25)17-8-4-5-9-18(17)21-16-6-2-1-3-7-16/h1-9,15,21H,10-14H2,(H,23,24). The van der Waals surface area contributed by atoms with Gasteiger partial charge in [-0.2, -0.15) is 0 Å². The topological polar surface area (TPSA) is 69.6 Å². The number of nitrogens with one attached hydrogen (secondary N) is 1. The van der Waals surface area contributed by atoms with Crippen LogP contribution in [0, 0.1) is 5.92 Å². The number of hydrogen-bond donors (Lipinski definition) is 2. The first-order valence-electron chi connectivity index (χ1n) is 8.55. The van der Waals surface area contributed by atoms with E-state index in [1.165, 1.54) is 0 Å². The number of hydrogen-bond acceptors (Lipinski definition) is 3. The van der Waals surface area contributed by atoms with Crippen LogP contribution < -0.4 is 5.32 Å². The maximum Gasteiger partial charge on any atom is 0.303 e. The molecule has 3 rings (SSSR count). The van der Waals surface area contributed by atoms with Gasteiger partial charge in [-0.05, 0) is 43.0 Å². The molecule has 2 N–H and O–H groups in total. The van der Waals surface area contributed by atoms with Gasteiger partial charge in [0.1, 0.15) is 0 Å². The lowest BCUT2D eigenvalue weighted by Gasteiger charge is -2.32. The highest BCUT2D eigenvalue weighted by Crippen LogP contribution is 2.25. The number of benzene rings is 2. The molecule has 0 bridgehead atoms. The number of carboxylic acids is 1. The van der Waals surface area contributed by atoms with Crippen molar-refractivity contribution in [2.45, 2.75) is 19.3 Å². The van der Waals surface area contributed by atoms with Crippen LogP contribution in [-0.2, 0) is 4.79 Å². The van der Waals surface area contributed by atoms with Gasteiger partial charge in [-0.1, -0.05) is 30.3 Å². The first kappa shape index (κ1) is 17.0. The van der Waals surface area contributed by atoms with E-state index in [4.69, 9.17) is 5.11 Å². The highest BCUT2D eigenvalue weighted by Gasteiger charge is 2.26. The van der Waals surface area contributed by atoms with Crippen molar-refractivity contribution >= 4 is 23.3 Å². The second-order valence-corrected chi connectivity index (χ2v) is 6.37. The van der Waals surface area contributed by atoms with E-state index in [2.05, 4.69) is 5.32 Å². The van der Waals surface area contributed by atoms with Crippen molar-refractivity contribution in [2.24, 2.45) is 5.92 Å². The Bertz CT molecular complexity index is 738. The zero-order chi connectivity index (χ0) is 17.6. The van der Waals surface area contributed by atoms with Crippen LogP contribution in [0.4, 0.5) is 11.4 Å². The summed E-state index contributed by atoms with van der Waals surface area (Å²) in [6, 6.07) is 17.2. The maximum atomic E-state index is 12.9. The number of piperidine rings is 1. The summed E-state index contributed by atoms with van der Waals surface area (Å²) >= 11 is 0.